The Labute approximate surface area is 212 Å². The van der Waals surface area contributed by atoms with Crippen molar-refractivity contribution in [3.63, 3.8) is 0 Å². The van der Waals surface area contributed by atoms with E-state index in [9.17, 15) is 4.21 Å². The molecule has 9 heteroatoms. The Morgan fingerprint density at radius 2 is 1.88 bits per heavy atom. The largest absolute Gasteiger partial charge is 0.326 e. The maximum atomic E-state index is 12.1. The molecule has 0 spiro atoms. The molecule has 0 radical (unpaired) electrons. The van der Waals surface area contributed by atoms with Gasteiger partial charge < -0.3 is 4.72 Å². The minimum absolute atomic E-state index is 0.642. The molecule has 5 rings (SSSR count). The monoisotopic (exact) mass is 511 g/mol. The molecule has 1 saturated heterocycles. The molecular weight excluding hydrogens is 486 g/mol. The lowest BCUT2D eigenvalue weighted by Gasteiger charge is -2.27. The molecule has 6 nitrogen and oxygen atoms in total. The molecule has 176 valence electrons. The first-order valence-corrected chi connectivity index (χ1v) is 13.4. The number of fused-ring (bicyclic) bond motifs is 1. The van der Waals surface area contributed by atoms with Crippen LogP contribution in [0.3, 0.4) is 0 Å². The number of rotatable bonds is 5. The molecule has 2 N–H and O–H groups in total. The van der Waals surface area contributed by atoms with Gasteiger partial charge in [-0.3, -0.25) is 9.29 Å². The van der Waals surface area contributed by atoms with Crippen LogP contribution in [0.25, 0.3) is 22.3 Å². The fourth-order valence-corrected chi connectivity index (χ4v) is 5.39. The van der Waals surface area contributed by atoms with E-state index in [2.05, 4.69) is 14.4 Å². The van der Waals surface area contributed by atoms with Gasteiger partial charge in [0.1, 0.15) is 0 Å². The number of pyridine rings is 2. The van der Waals surface area contributed by atoms with Crippen molar-refractivity contribution in [2.45, 2.75) is 25.2 Å². The molecule has 0 saturated carbocycles. The summed E-state index contributed by atoms with van der Waals surface area (Å²) in [6, 6.07) is 21.6. The van der Waals surface area contributed by atoms with E-state index in [1.165, 1.54) is 11.9 Å². The molecular formula is C25H26ClN5OS2. The standard InChI is InChI=1S/C23H20ClN5OS2.C2H6/c24-20-9-4-16(15-19(20)21-10-11-22-23(27-21)3-1-12-25-22)28-31-18-7-5-17(6-8-18)29-14-2-13-26-32(29)30;1-2/h1,3-12,15,26,28H,2,13-14H2;1-2H3. The van der Waals surface area contributed by atoms with Crippen LogP contribution in [0.15, 0.2) is 77.8 Å². The summed E-state index contributed by atoms with van der Waals surface area (Å²) in [6.45, 7) is 5.58. The number of anilines is 2. The van der Waals surface area contributed by atoms with E-state index in [0.717, 1.165) is 58.1 Å². The Morgan fingerprint density at radius 3 is 2.68 bits per heavy atom. The molecule has 2 aromatic heterocycles. The minimum Gasteiger partial charge on any atom is -0.326 e. The zero-order valence-corrected chi connectivity index (χ0v) is 21.4. The highest BCUT2D eigenvalue weighted by atomic mass is 35.5. The molecule has 1 aliphatic rings. The van der Waals surface area contributed by atoms with Gasteiger partial charge in [0.15, 0.2) is 11.2 Å². The molecule has 3 heterocycles. The van der Waals surface area contributed by atoms with Crippen LogP contribution < -0.4 is 13.7 Å². The highest BCUT2D eigenvalue weighted by Crippen LogP contribution is 2.32. The number of nitrogens with one attached hydrogen (secondary N) is 2. The predicted molar refractivity (Wildman–Crippen MR) is 145 cm³/mol. The van der Waals surface area contributed by atoms with Crippen molar-refractivity contribution in [1.29, 1.82) is 0 Å². The lowest BCUT2D eigenvalue weighted by Crippen LogP contribution is -2.42. The second-order valence-corrected chi connectivity index (χ2v) is 9.74. The maximum Gasteiger partial charge on any atom is 0.196 e. The van der Waals surface area contributed by atoms with Crippen LogP contribution in [-0.2, 0) is 11.2 Å². The van der Waals surface area contributed by atoms with Gasteiger partial charge in [0.25, 0.3) is 0 Å². The number of halogens is 1. The Bertz CT molecular complexity index is 1290. The smallest absolute Gasteiger partial charge is 0.196 e. The van der Waals surface area contributed by atoms with E-state index in [-0.39, 0.29) is 0 Å². The summed E-state index contributed by atoms with van der Waals surface area (Å²) in [5, 5.41) is 0.642. The normalized spacial score (nSPS) is 15.5. The third-order valence-electron chi connectivity index (χ3n) is 5.07. The molecule has 0 bridgehead atoms. The van der Waals surface area contributed by atoms with Crippen molar-refractivity contribution in [2.24, 2.45) is 0 Å². The fraction of sp³-hybridized carbons (Fsp3) is 0.200. The number of nitrogens with zero attached hydrogens (tertiary/aromatic N) is 3. The van der Waals surface area contributed by atoms with E-state index >= 15 is 0 Å². The number of aromatic nitrogens is 2. The molecule has 34 heavy (non-hydrogen) atoms. The van der Waals surface area contributed by atoms with E-state index in [4.69, 9.17) is 16.6 Å². The van der Waals surface area contributed by atoms with Gasteiger partial charge in [-0.1, -0.05) is 25.4 Å². The Hall–Kier alpha value is -2.65. The molecule has 4 aromatic rings. The van der Waals surface area contributed by atoms with Crippen LogP contribution in [-0.4, -0.2) is 27.3 Å². The van der Waals surface area contributed by atoms with Crippen LogP contribution in [0.4, 0.5) is 11.4 Å². The average Bonchev–Trinajstić information content (AvgIpc) is 2.90. The number of benzene rings is 2. The summed E-state index contributed by atoms with van der Waals surface area (Å²) >= 11 is 6.82. The summed E-state index contributed by atoms with van der Waals surface area (Å²) < 4.78 is 20.4. The summed E-state index contributed by atoms with van der Waals surface area (Å²) in [6.07, 6.45) is 2.74. The van der Waals surface area contributed by atoms with Gasteiger partial charge in [-0.05, 0) is 85.1 Å². The Morgan fingerprint density at radius 1 is 1.06 bits per heavy atom. The van der Waals surface area contributed by atoms with Gasteiger partial charge in [0.2, 0.25) is 0 Å². The van der Waals surface area contributed by atoms with E-state index in [1.54, 1.807) is 6.20 Å². The lowest BCUT2D eigenvalue weighted by atomic mass is 10.1. The van der Waals surface area contributed by atoms with Gasteiger partial charge in [-0.25, -0.2) is 13.9 Å². The van der Waals surface area contributed by atoms with Crippen molar-refractivity contribution in [1.82, 2.24) is 14.7 Å². The zero-order chi connectivity index (χ0) is 23.9. The molecule has 0 amide bonds. The lowest BCUT2D eigenvalue weighted by molar-refractivity contribution is 0.647. The van der Waals surface area contributed by atoms with Gasteiger partial charge in [0, 0.05) is 35.4 Å². The molecule has 2 aromatic carbocycles. The fourth-order valence-electron chi connectivity index (χ4n) is 3.46. The van der Waals surface area contributed by atoms with Crippen LogP contribution in [0, 0.1) is 0 Å². The van der Waals surface area contributed by atoms with Crippen molar-refractivity contribution in [3.8, 4) is 11.3 Å². The average molecular weight is 512 g/mol. The highest BCUT2D eigenvalue weighted by molar-refractivity contribution is 8.00. The molecule has 1 fully saturated rings. The van der Waals surface area contributed by atoms with Crippen LogP contribution in [0.2, 0.25) is 5.02 Å². The first kappa shape index (κ1) is 24.5. The quantitative estimate of drug-likeness (QED) is 0.300. The van der Waals surface area contributed by atoms with Crippen molar-refractivity contribution >= 4 is 57.1 Å². The Balaban J connectivity index is 0.00000133. The Kier molecular flexibility index (Phi) is 8.39. The SMILES string of the molecule is CC.O=S1NCCCN1c1ccc(SNc2ccc(Cl)c(-c3ccc4ncccc4n3)c2)cc1. The third kappa shape index (κ3) is 5.70. The second-order valence-electron chi connectivity index (χ2n) is 7.23. The third-order valence-corrected chi connectivity index (χ3v) is 7.49. The summed E-state index contributed by atoms with van der Waals surface area (Å²) in [5.74, 6) is 0. The van der Waals surface area contributed by atoms with Crippen LogP contribution in [0.5, 0.6) is 0 Å². The van der Waals surface area contributed by atoms with Gasteiger partial charge in [0.05, 0.1) is 27.4 Å². The topological polar surface area (TPSA) is 70.2 Å². The summed E-state index contributed by atoms with van der Waals surface area (Å²) in [7, 11) is 0. The van der Waals surface area contributed by atoms with E-state index in [1.807, 2.05) is 84.9 Å². The van der Waals surface area contributed by atoms with Gasteiger partial charge in [-0.2, -0.15) is 0 Å². The van der Waals surface area contributed by atoms with E-state index < -0.39 is 11.2 Å². The second kappa shape index (κ2) is 11.7. The first-order valence-electron chi connectivity index (χ1n) is 11.1. The van der Waals surface area contributed by atoms with Crippen LogP contribution >= 0.6 is 23.5 Å². The number of hydrogen-bond donors (Lipinski definition) is 2. The number of hydrogen-bond acceptors (Lipinski definition) is 5. The van der Waals surface area contributed by atoms with Gasteiger partial charge >= 0.3 is 0 Å². The maximum absolute atomic E-state index is 12.1. The van der Waals surface area contributed by atoms with Crippen LogP contribution in [0.1, 0.15) is 20.3 Å². The minimum atomic E-state index is -1.16. The highest BCUT2D eigenvalue weighted by Gasteiger charge is 2.17. The summed E-state index contributed by atoms with van der Waals surface area (Å²) in [5.41, 5.74) is 5.22. The van der Waals surface area contributed by atoms with Gasteiger partial charge in [-0.15, -0.1) is 0 Å². The molecule has 1 aliphatic heterocycles. The van der Waals surface area contributed by atoms with Crippen molar-refractivity contribution in [2.75, 3.05) is 22.1 Å². The zero-order valence-electron chi connectivity index (χ0n) is 19.0. The predicted octanol–water partition coefficient (Wildman–Crippen LogP) is 6.47. The van der Waals surface area contributed by atoms with E-state index in [0.29, 0.717) is 5.02 Å². The summed E-state index contributed by atoms with van der Waals surface area (Å²) in [4.78, 5) is 10.1. The van der Waals surface area contributed by atoms with Crippen molar-refractivity contribution < 1.29 is 4.21 Å². The first-order chi connectivity index (χ1) is 16.7. The molecule has 1 unspecified atom stereocenters. The molecule has 0 aliphatic carbocycles. The van der Waals surface area contributed by atoms with Crippen molar-refractivity contribution in [3.05, 3.63) is 77.9 Å². The molecule has 1 atom stereocenters.